The zero-order chi connectivity index (χ0) is 9.10. The number of oxazole rings is 1. The van der Waals surface area contributed by atoms with Crippen molar-refractivity contribution in [2.45, 2.75) is 38.7 Å². The molecule has 0 unspecified atom stereocenters. The molecule has 0 atom stereocenters. The minimum absolute atomic E-state index is 0.00144. The average molecular weight is 181 g/mol. The summed E-state index contributed by atoms with van der Waals surface area (Å²) in [7, 11) is 0. The van der Waals surface area contributed by atoms with Crippen LogP contribution < -0.4 is 0 Å². The first kappa shape index (κ1) is 8.75. The smallest absolute Gasteiger partial charge is 0.181 e. The third-order valence-electron chi connectivity index (χ3n) is 2.82. The second-order valence-electron chi connectivity index (χ2n) is 3.73. The van der Waals surface area contributed by atoms with Gasteiger partial charge in [-0.15, -0.1) is 0 Å². The number of rotatable bonds is 3. The Balaban J connectivity index is 1.99. The lowest BCUT2D eigenvalue weighted by atomic mass is 10.0. The highest BCUT2D eigenvalue weighted by molar-refractivity contribution is 5.06. The third-order valence-corrected chi connectivity index (χ3v) is 2.82. The van der Waals surface area contributed by atoms with Crippen molar-refractivity contribution in [3.63, 3.8) is 0 Å². The maximum absolute atomic E-state index is 8.96. The minimum atomic E-state index is -0.00144. The van der Waals surface area contributed by atoms with E-state index in [4.69, 9.17) is 9.52 Å². The molecule has 1 aromatic rings. The van der Waals surface area contributed by atoms with Crippen molar-refractivity contribution in [1.82, 2.24) is 4.98 Å². The largest absolute Gasteiger partial charge is 0.448 e. The number of hydrogen-bond donors (Lipinski definition) is 1. The maximum Gasteiger partial charge on any atom is 0.181 e. The summed E-state index contributed by atoms with van der Waals surface area (Å²) in [4.78, 5) is 3.96. The number of hydrogen-bond acceptors (Lipinski definition) is 3. The maximum atomic E-state index is 8.96. The van der Waals surface area contributed by atoms with Gasteiger partial charge in [-0.25, -0.2) is 4.98 Å². The van der Waals surface area contributed by atoms with Crippen molar-refractivity contribution in [3.8, 4) is 0 Å². The number of nitrogens with zero attached hydrogens (tertiary/aromatic N) is 1. The van der Waals surface area contributed by atoms with Gasteiger partial charge in [-0.3, -0.25) is 0 Å². The lowest BCUT2D eigenvalue weighted by Gasteiger charge is -2.05. The fourth-order valence-electron chi connectivity index (χ4n) is 2.07. The van der Waals surface area contributed by atoms with E-state index in [0.29, 0.717) is 5.69 Å². The van der Waals surface area contributed by atoms with Gasteiger partial charge in [0.05, 0.1) is 6.61 Å². The minimum Gasteiger partial charge on any atom is -0.448 e. The summed E-state index contributed by atoms with van der Waals surface area (Å²) in [5.74, 6) is 1.63. The molecule has 0 spiro atoms. The highest BCUT2D eigenvalue weighted by atomic mass is 16.3. The van der Waals surface area contributed by atoms with Gasteiger partial charge in [-0.1, -0.05) is 25.7 Å². The molecule has 1 heterocycles. The van der Waals surface area contributed by atoms with Gasteiger partial charge in [0.2, 0.25) is 0 Å². The first-order chi connectivity index (χ1) is 6.40. The van der Waals surface area contributed by atoms with Crippen LogP contribution in [0.25, 0.3) is 0 Å². The van der Waals surface area contributed by atoms with Crippen LogP contribution in [0, 0.1) is 5.92 Å². The van der Waals surface area contributed by atoms with Gasteiger partial charge in [0, 0.05) is 6.42 Å². The molecule has 2 rings (SSSR count). The van der Waals surface area contributed by atoms with Gasteiger partial charge in [-0.05, 0) is 5.92 Å². The standard InChI is InChI=1S/C10H15NO2/c12-6-9-10(13-7-11-9)5-8-3-1-2-4-8/h7-8,12H,1-6H2. The molecule has 1 aromatic heterocycles. The van der Waals surface area contributed by atoms with E-state index in [0.717, 1.165) is 18.1 Å². The molecule has 3 heteroatoms. The molecule has 3 nitrogen and oxygen atoms in total. The highest BCUT2D eigenvalue weighted by Gasteiger charge is 2.18. The Kier molecular flexibility index (Phi) is 2.64. The SMILES string of the molecule is OCc1ncoc1CC1CCCC1. The van der Waals surface area contributed by atoms with Gasteiger partial charge in [0.15, 0.2) is 6.39 Å². The molecule has 1 N–H and O–H groups in total. The average Bonchev–Trinajstić information content (AvgIpc) is 2.76. The van der Waals surface area contributed by atoms with E-state index in [1.165, 1.54) is 32.1 Å². The van der Waals surface area contributed by atoms with Crippen molar-refractivity contribution in [1.29, 1.82) is 0 Å². The van der Waals surface area contributed by atoms with Crippen molar-refractivity contribution in [3.05, 3.63) is 17.8 Å². The van der Waals surface area contributed by atoms with Gasteiger partial charge in [-0.2, -0.15) is 0 Å². The van der Waals surface area contributed by atoms with E-state index in [1.54, 1.807) is 0 Å². The van der Waals surface area contributed by atoms with Crippen LogP contribution in [0.4, 0.5) is 0 Å². The predicted molar refractivity (Wildman–Crippen MR) is 48.1 cm³/mol. The summed E-state index contributed by atoms with van der Waals surface area (Å²) in [6.45, 7) is -0.00144. The van der Waals surface area contributed by atoms with E-state index >= 15 is 0 Å². The van der Waals surface area contributed by atoms with Crippen LogP contribution in [-0.4, -0.2) is 10.1 Å². The third kappa shape index (κ3) is 1.91. The van der Waals surface area contributed by atoms with Crippen LogP contribution in [0.1, 0.15) is 37.1 Å². The number of aliphatic hydroxyl groups is 1. The molecule has 1 aliphatic carbocycles. The fourth-order valence-corrected chi connectivity index (χ4v) is 2.07. The van der Waals surface area contributed by atoms with E-state index in [1.807, 2.05) is 0 Å². The van der Waals surface area contributed by atoms with Crippen LogP contribution in [0.5, 0.6) is 0 Å². The van der Waals surface area contributed by atoms with Gasteiger partial charge >= 0.3 is 0 Å². The van der Waals surface area contributed by atoms with Crippen LogP contribution in [0.3, 0.4) is 0 Å². The normalized spacial score (nSPS) is 18.2. The van der Waals surface area contributed by atoms with Crippen molar-refractivity contribution in [2.24, 2.45) is 5.92 Å². The van der Waals surface area contributed by atoms with Crippen molar-refractivity contribution < 1.29 is 9.52 Å². The summed E-state index contributed by atoms with van der Waals surface area (Å²) < 4.78 is 5.25. The first-order valence-corrected chi connectivity index (χ1v) is 4.92. The van der Waals surface area contributed by atoms with E-state index in [9.17, 15) is 0 Å². The van der Waals surface area contributed by atoms with Crippen molar-refractivity contribution in [2.75, 3.05) is 0 Å². The Bertz CT molecular complexity index is 264. The Labute approximate surface area is 77.8 Å². The topological polar surface area (TPSA) is 46.3 Å². The van der Waals surface area contributed by atoms with E-state index in [-0.39, 0.29) is 6.61 Å². The predicted octanol–water partition coefficient (Wildman–Crippen LogP) is 1.90. The molecule has 0 radical (unpaired) electrons. The number of aliphatic hydroxyl groups excluding tert-OH is 1. The summed E-state index contributed by atoms with van der Waals surface area (Å²) in [5, 5.41) is 8.96. The monoisotopic (exact) mass is 181 g/mol. The first-order valence-electron chi connectivity index (χ1n) is 4.92. The van der Waals surface area contributed by atoms with Crippen LogP contribution in [-0.2, 0) is 13.0 Å². The van der Waals surface area contributed by atoms with Crippen LogP contribution in [0.2, 0.25) is 0 Å². The second-order valence-corrected chi connectivity index (χ2v) is 3.73. The molecule has 0 aromatic carbocycles. The molecule has 0 saturated heterocycles. The molecule has 72 valence electrons. The molecule has 1 aliphatic rings. The van der Waals surface area contributed by atoms with Crippen LogP contribution >= 0.6 is 0 Å². The van der Waals surface area contributed by atoms with Crippen LogP contribution in [0.15, 0.2) is 10.8 Å². The summed E-state index contributed by atoms with van der Waals surface area (Å²) in [6, 6.07) is 0. The zero-order valence-corrected chi connectivity index (χ0v) is 7.70. The molecule has 1 saturated carbocycles. The Hall–Kier alpha value is -0.830. The summed E-state index contributed by atoms with van der Waals surface area (Å²) >= 11 is 0. The molecular formula is C10H15NO2. The van der Waals surface area contributed by atoms with Crippen molar-refractivity contribution >= 4 is 0 Å². The lowest BCUT2D eigenvalue weighted by molar-refractivity contribution is 0.273. The molecule has 0 bridgehead atoms. The Morgan fingerprint density at radius 1 is 1.46 bits per heavy atom. The summed E-state index contributed by atoms with van der Waals surface area (Å²) in [6.07, 6.45) is 7.66. The van der Waals surface area contributed by atoms with Gasteiger partial charge in [0.25, 0.3) is 0 Å². The fraction of sp³-hybridized carbons (Fsp3) is 0.700. The molecular weight excluding hydrogens is 166 g/mol. The molecule has 0 amide bonds. The summed E-state index contributed by atoms with van der Waals surface area (Å²) in [5.41, 5.74) is 0.715. The Morgan fingerprint density at radius 3 is 2.92 bits per heavy atom. The van der Waals surface area contributed by atoms with E-state index in [2.05, 4.69) is 4.98 Å². The molecule has 1 fully saturated rings. The molecule has 13 heavy (non-hydrogen) atoms. The van der Waals surface area contributed by atoms with E-state index < -0.39 is 0 Å². The van der Waals surface area contributed by atoms with Gasteiger partial charge in [0.1, 0.15) is 11.5 Å². The lowest BCUT2D eigenvalue weighted by Crippen LogP contribution is -2.00. The Morgan fingerprint density at radius 2 is 2.23 bits per heavy atom. The zero-order valence-electron chi connectivity index (χ0n) is 7.70. The quantitative estimate of drug-likeness (QED) is 0.774. The number of aromatic nitrogens is 1. The molecule has 0 aliphatic heterocycles. The highest BCUT2D eigenvalue weighted by Crippen LogP contribution is 2.28. The van der Waals surface area contributed by atoms with Gasteiger partial charge < -0.3 is 9.52 Å². The second kappa shape index (κ2) is 3.92.